The fourth-order valence-electron chi connectivity index (χ4n) is 1.66. The maximum atomic E-state index is 5.84. The van der Waals surface area contributed by atoms with Crippen LogP contribution in [-0.4, -0.2) is 6.61 Å². The summed E-state index contributed by atoms with van der Waals surface area (Å²) in [4.78, 5) is 1.27. The van der Waals surface area contributed by atoms with Gasteiger partial charge < -0.3 is 10.1 Å². The van der Waals surface area contributed by atoms with Crippen LogP contribution < -0.4 is 10.1 Å². The monoisotopic (exact) mass is 417 g/mol. The van der Waals surface area contributed by atoms with Gasteiger partial charge in [0.25, 0.3) is 0 Å². The minimum atomic E-state index is 0.521. The van der Waals surface area contributed by atoms with Crippen molar-refractivity contribution in [3.05, 3.63) is 43.5 Å². The first-order valence-electron chi connectivity index (χ1n) is 6.45. The summed E-state index contributed by atoms with van der Waals surface area (Å²) in [5, 5.41) is 3.44. The van der Waals surface area contributed by atoms with E-state index in [2.05, 4.69) is 57.1 Å². The van der Waals surface area contributed by atoms with E-state index in [9.17, 15) is 0 Å². The third-order valence-corrected chi connectivity index (χ3v) is 5.86. The zero-order valence-corrected chi connectivity index (χ0v) is 15.4. The molecule has 0 saturated heterocycles. The summed E-state index contributed by atoms with van der Waals surface area (Å²) in [5.74, 6) is 1.43. The Hall–Kier alpha value is -0.520. The summed E-state index contributed by atoms with van der Waals surface area (Å²) in [6.45, 7) is 5.82. The Kier molecular flexibility index (Phi) is 5.93. The van der Waals surface area contributed by atoms with Gasteiger partial charge in [0.15, 0.2) is 0 Å². The highest BCUT2D eigenvalue weighted by atomic mass is 79.9. The average Bonchev–Trinajstić information content (AvgIpc) is 2.74. The molecule has 2 rings (SSSR count). The Morgan fingerprint density at radius 3 is 2.65 bits per heavy atom. The summed E-state index contributed by atoms with van der Waals surface area (Å²) in [6, 6.07) is 10.2. The Labute approximate surface area is 140 Å². The molecule has 20 heavy (non-hydrogen) atoms. The summed E-state index contributed by atoms with van der Waals surface area (Å²) in [5.41, 5.74) is 1.04. The molecule has 0 unspecified atom stereocenters. The van der Waals surface area contributed by atoms with Crippen molar-refractivity contribution in [2.75, 3.05) is 11.9 Å². The topological polar surface area (TPSA) is 21.3 Å². The number of anilines is 1. The lowest BCUT2D eigenvalue weighted by Gasteiger charge is -2.14. The van der Waals surface area contributed by atoms with E-state index >= 15 is 0 Å². The molecule has 0 fully saturated rings. The standard InChI is InChI=1S/C15H17Br2NOS/c1-10(2)9-19-14-6-4-3-5-13(14)18-8-11-7-12(16)15(17)20-11/h3-7,10,18H,8-9H2,1-2H3. The lowest BCUT2D eigenvalue weighted by atomic mass is 10.2. The highest BCUT2D eigenvalue weighted by molar-refractivity contribution is 9.13. The van der Waals surface area contributed by atoms with Gasteiger partial charge in [-0.2, -0.15) is 0 Å². The number of hydrogen-bond acceptors (Lipinski definition) is 3. The molecule has 1 aromatic heterocycles. The third kappa shape index (κ3) is 4.50. The molecule has 0 amide bonds. The minimum absolute atomic E-state index is 0.521. The van der Waals surface area contributed by atoms with Gasteiger partial charge in [-0.1, -0.05) is 26.0 Å². The zero-order chi connectivity index (χ0) is 14.5. The van der Waals surface area contributed by atoms with Gasteiger partial charge in [0.05, 0.1) is 16.1 Å². The van der Waals surface area contributed by atoms with Crippen LogP contribution in [0.15, 0.2) is 38.6 Å². The number of halogens is 2. The van der Waals surface area contributed by atoms with Crippen LogP contribution in [0.5, 0.6) is 5.75 Å². The molecule has 0 saturated carbocycles. The molecule has 0 aliphatic rings. The van der Waals surface area contributed by atoms with Crippen molar-refractivity contribution in [1.29, 1.82) is 0 Å². The normalized spacial score (nSPS) is 10.8. The Balaban J connectivity index is 2.01. The van der Waals surface area contributed by atoms with Gasteiger partial charge >= 0.3 is 0 Å². The van der Waals surface area contributed by atoms with Gasteiger partial charge in [-0.15, -0.1) is 11.3 Å². The van der Waals surface area contributed by atoms with E-state index in [1.165, 1.54) is 4.88 Å². The molecule has 0 aliphatic carbocycles. The minimum Gasteiger partial charge on any atom is -0.491 e. The van der Waals surface area contributed by atoms with Gasteiger partial charge in [-0.05, 0) is 56.0 Å². The summed E-state index contributed by atoms with van der Waals surface area (Å²) < 4.78 is 8.06. The molecule has 5 heteroatoms. The van der Waals surface area contributed by atoms with Crippen LogP contribution >= 0.6 is 43.2 Å². The number of rotatable bonds is 6. The maximum absolute atomic E-state index is 5.84. The molecule has 1 heterocycles. The number of thiophene rings is 1. The van der Waals surface area contributed by atoms with Crippen LogP contribution in [-0.2, 0) is 6.54 Å². The molecule has 0 radical (unpaired) electrons. The van der Waals surface area contributed by atoms with Crippen LogP contribution in [0.3, 0.4) is 0 Å². The van der Waals surface area contributed by atoms with Crippen molar-refractivity contribution >= 4 is 48.9 Å². The lowest BCUT2D eigenvalue weighted by Crippen LogP contribution is -2.07. The predicted octanol–water partition coefficient (Wildman–Crippen LogP) is 5.92. The van der Waals surface area contributed by atoms with E-state index in [1.54, 1.807) is 11.3 Å². The lowest BCUT2D eigenvalue weighted by molar-refractivity contribution is 0.272. The Morgan fingerprint density at radius 2 is 2.00 bits per heavy atom. The molecular formula is C15H17Br2NOS. The highest BCUT2D eigenvalue weighted by Gasteiger charge is 2.07. The fraction of sp³-hybridized carbons (Fsp3) is 0.333. The number of nitrogens with one attached hydrogen (secondary N) is 1. The third-order valence-electron chi connectivity index (χ3n) is 2.61. The van der Waals surface area contributed by atoms with Crippen molar-refractivity contribution in [2.45, 2.75) is 20.4 Å². The average molecular weight is 419 g/mol. The second kappa shape index (κ2) is 7.48. The summed E-state index contributed by atoms with van der Waals surface area (Å²) in [7, 11) is 0. The van der Waals surface area contributed by atoms with Crippen LogP contribution in [0.2, 0.25) is 0 Å². The van der Waals surface area contributed by atoms with Crippen LogP contribution in [0.4, 0.5) is 5.69 Å². The van der Waals surface area contributed by atoms with Crippen LogP contribution in [0.1, 0.15) is 18.7 Å². The second-order valence-electron chi connectivity index (χ2n) is 4.89. The molecule has 2 nitrogen and oxygen atoms in total. The Morgan fingerprint density at radius 1 is 1.25 bits per heavy atom. The molecule has 0 spiro atoms. The number of ether oxygens (including phenoxy) is 1. The molecule has 2 aromatic rings. The van der Waals surface area contributed by atoms with E-state index in [4.69, 9.17) is 4.74 Å². The van der Waals surface area contributed by atoms with Crippen molar-refractivity contribution in [2.24, 2.45) is 5.92 Å². The van der Waals surface area contributed by atoms with Crippen molar-refractivity contribution < 1.29 is 4.74 Å². The number of benzene rings is 1. The molecule has 108 valence electrons. The van der Waals surface area contributed by atoms with Crippen molar-refractivity contribution in [3.63, 3.8) is 0 Å². The number of para-hydroxylation sites is 2. The predicted molar refractivity (Wildman–Crippen MR) is 93.8 cm³/mol. The first-order valence-corrected chi connectivity index (χ1v) is 8.86. The molecule has 1 N–H and O–H groups in total. The van der Waals surface area contributed by atoms with E-state index in [1.807, 2.05) is 24.3 Å². The van der Waals surface area contributed by atoms with Crippen molar-refractivity contribution in [3.8, 4) is 5.75 Å². The van der Waals surface area contributed by atoms with Gasteiger partial charge in [0.1, 0.15) is 5.75 Å². The van der Waals surface area contributed by atoms with Gasteiger partial charge in [0.2, 0.25) is 0 Å². The highest BCUT2D eigenvalue weighted by Crippen LogP contribution is 2.33. The zero-order valence-electron chi connectivity index (χ0n) is 11.5. The molecule has 1 aromatic carbocycles. The smallest absolute Gasteiger partial charge is 0.142 e. The molecule has 0 atom stereocenters. The van der Waals surface area contributed by atoms with E-state index < -0.39 is 0 Å². The van der Waals surface area contributed by atoms with Crippen molar-refractivity contribution in [1.82, 2.24) is 0 Å². The molecule has 0 bridgehead atoms. The van der Waals surface area contributed by atoms with Gasteiger partial charge in [-0.3, -0.25) is 0 Å². The summed E-state index contributed by atoms with van der Waals surface area (Å²) >= 11 is 8.75. The number of hydrogen-bond donors (Lipinski definition) is 1. The van der Waals surface area contributed by atoms with Crippen LogP contribution in [0.25, 0.3) is 0 Å². The quantitative estimate of drug-likeness (QED) is 0.628. The van der Waals surface area contributed by atoms with E-state index in [-0.39, 0.29) is 0 Å². The fourth-order valence-corrected chi connectivity index (χ4v) is 3.77. The van der Waals surface area contributed by atoms with E-state index in [0.717, 1.165) is 32.8 Å². The second-order valence-corrected chi connectivity index (χ2v) is 8.20. The van der Waals surface area contributed by atoms with Crippen LogP contribution in [0, 0.1) is 5.92 Å². The molecule has 0 aliphatic heterocycles. The largest absolute Gasteiger partial charge is 0.491 e. The van der Waals surface area contributed by atoms with Gasteiger partial charge in [0, 0.05) is 15.9 Å². The first-order chi connectivity index (χ1) is 9.56. The maximum Gasteiger partial charge on any atom is 0.142 e. The SMILES string of the molecule is CC(C)COc1ccccc1NCc1cc(Br)c(Br)s1. The Bertz CT molecular complexity index is 549. The van der Waals surface area contributed by atoms with Gasteiger partial charge in [-0.25, -0.2) is 0 Å². The first kappa shape index (κ1) is 15.9. The molecular weight excluding hydrogens is 402 g/mol. The van der Waals surface area contributed by atoms with E-state index in [0.29, 0.717) is 5.92 Å². The summed E-state index contributed by atoms with van der Waals surface area (Å²) in [6.07, 6.45) is 0.